The maximum atomic E-state index is 12.5. The van der Waals surface area contributed by atoms with Gasteiger partial charge in [0.2, 0.25) is 5.91 Å². The van der Waals surface area contributed by atoms with E-state index in [9.17, 15) is 13.2 Å². The highest BCUT2D eigenvalue weighted by Gasteiger charge is 2.21. The highest BCUT2D eigenvalue weighted by Crippen LogP contribution is 2.20. The average Bonchev–Trinajstić information content (AvgIpc) is 3.30. The zero-order valence-corrected chi connectivity index (χ0v) is 19.1. The van der Waals surface area contributed by atoms with E-state index in [0.717, 1.165) is 31.9 Å². The molecular weight excluding hydrogens is 422 g/mol. The Balaban J connectivity index is 1.44. The van der Waals surface area contributed by atoms with E-state index in [4.69, 9.17) is 4.74 Å². The van der Waals surface area contributed by atoms with Gasteiger partial charge in [0.15, 0.2) is 0 Å². The molecule has 9 heteroatoms. The summed E-state index contributed by atoms with van der Waals surface area (Å²) in [5, 5.41) is 1.74. The van der Waals surface area contributed by atoms with Crippen molar-refractivity contribution in [3.8, 4) is 0 Å². The zero-order valence-electron chi connectivity index (χ0n) is 17.5. The standard InChI is InChI=1S/C21H29N3O4S2/c1-22(17-18-7-9-19(10-8-18)24-12-14-28-15-13-24)20(25)5-3-11-23(2)30(26,27)21-6-4-16-29-21/h4,6-10,16H,3,5,11-15,17H2,1-2H3. The second-order valence-electron chi connectivity index (χ2n) is 7.38. The van der Waals surface area contributed by atoms with E-state index >= 15 is 0 Å². The topological polar surface area (TPSA) is 70.2 Å². The van der Waals surface area contributed by atoms with E-state index in [1.165, 1.54) is 21.3 Å². The summed E-state index contributed by atoms with van der Waals surface area (Å²) < 4.78 is 31.9. The van der Waals surface area contributed by atoms with Gasteiger partial charge in [0.05, 0.1) is 13.2 Å². The molecule has 3 rings (SSSR count). The lowest BCUT2D eigenvalue weighted by atomic mass is 10.1. The molecule has 1 saturated heterocycles. The molecule has 2 heterocycles. The van der Waals surface area contributed by atoms with Crippen molar-refractivity contribution < 1.29 is 17.9 Å². The molecule has 2 aromatic rings. The van der Waals surface area contributed by atoms with Crippen molar-refractivity contribution in [2.24, 2.45) is 0 Å². The van der Waals surface area contributed by atoms with Crippen LogP contribution in [-0.4, -0.2) is 70.5 Å². The first-order chi connectivity index (χ1) is 14.4. The number of hydrogen-bond donors (Lipinski definition) is 0. The van der Waals surface area contributed by atoms with Crippen LogP contribution in [0.3, 0.4) is 0 Å². The van der Waals surface area contributed by atoms with Gasteiger partial charge in [0.1, 0.15) is 4.21 Å². The highest BCUT2D eigenvalue weighted by molar-refractivity contribution is 7.91. The Bertz CT molecular complexity index is 908. The minimum absolute atomic E-state index is 0.00850. The molecule has 0 unspecified atom stereocenters. The molecule has 0 saturated carbocycles. The third-order valence-electron chi connectivity index (χ3n) is 5.18. The quantitative estimate of drug-likeness (QED) is 0.586. The van der Waals surface area contributed by atoms with Crippen LogP contribution in [0.2, 0.25) is 0 Å². The van der Waals surface area contributed by atoms with Gasteiger partial charge in [0, 0.05) is 52.4 Å². The fraction of sp³-hybridized carbons (Fsp3) is 0.476. The predicted octanol–water partition coefficient (Wildman–Crippen LogP) is 2.64. The molecule has 1 fully saturated rings. The number of ether oxygens (including phenoxy) is 1. The molecule has 0 radical (unpaired) electrons. The van der Waals surface area contributed by atoms with Crippen LogP contribution in [0, 0.1) is 0 Å². The Hall–Kier alpha value is -1.94. The smallest absolute Gasteiger partial charge is 0.252 e. The number of morpholine rings is 1. The van der Waals surface area contributed by atoms with Gasteiger partial charge in [-0.25, -0.2) is 12.7 Å². The summed E-state index contributed by atoms with van der Waals surface area (Å²) in [7, 11) is -0.124. The first-order valence-corrected chi connectivity index (χ1v) is 12.4. The number of thiophene rings is 1. The Morgan fingerprint density at radius 2 is 1.83 bits per heavy atom. The van der Waals surface area contributed by atoms with E-state index in [1.807, 2.05) is 0 Å². The van der Waals surface area contributed by atoms with E-state index < -0.39 is 10.0 Å². The molecule has 30 heavy (non-hydrogen) atoms. The number of carbonyl (C=O) groups excluding carboxylic acids is 1. The number of rotatable bonds is 9. The highest BCUT2D eigenvalue weighted by atomic mass is 32.2. The molecule has 1 aliphatic rings. The molecule has 0 atom stereocenters. The van der Waals surface area contributed by atoms with Crippen molar-refractivity contribution in [2.75, 3.05) is 51.8 Å². The maximum absolute atomic E-state index is 12.5. The molecule has 0 spiro atoms. The third kappa shape index (κ3) is 5.81. The third-order valence-corrected chi connectivity index (χ3v) is 8.41. The number of hydrogen-bond acceptors (Lipinski definition) is 6. The number of benzene rings is 1. The molecule has 0 aliphatic carbocycles. The van der Waals surface area contributed by atoms with Crippen LogP contribution in [-0.2, 0) is 26.1 Å². The molecule has 1 aromatic carbocycles. The number of nitrogens with zero attached hydrogens (tertiary/aromatic N) is 3. The summed E-state index contributed by atoms with van der Waals surface area (Å²) in [6.07, 6.45) is 0.799. The van der Waals surface area contributed by atoms with Gasteiger partial charge >= 0.3 is 0 Å². The van der Waals surface area contributed by atoms with Crippen molar-refractivity contribution in [3.05, 3.63) is 47.3 Å². The number of amides is 1. The van der Waals surface area contributed by atoms with E-state index in [2.05, 4.69) is 29.2 Å². The lowest BCUT2D eigenvalue weighted by Gasteiger charge is -2.29. The Morgan fingerprint density at radius 3 is 2.47 bits per heavy atom. The van der Waals surface area contributed by atoms with Gasteiger partial charge < -0.3 is 14.5 Å². The van der Waals surface area contributed by atoms with Gasteiger partial charge in [-0.05, 0) is 35.6 Å². The molecule has 1 aromatic heterocycles. The van der Waals surface area contributed by atoms with Crippen molar-refractivity contribution in [2.45, 2.75) is 23.6 Å². The summed E-state index contributed by atoms with van der Waals surface area (Å²) in [6.45, 7) is 4.15. The van der Waals surface area contributed by atoms with E-state index in [0.29, 0.717) is 30.1 Å². The normalized spacial score (nSPS) is 14.8. The van der Waals surface area contributed by atoms with Gasteiger partial charge in [-0.2, -0.15) is 0 Å². The summed E-state index contributed by atoms with van der Waals surface area (Å²) in [6, 6.07) is 11.6. The Kier molecular flexibility index (Phi) is 7.87. The maximum Gasteiger partial charge on any atom is 0.252 e. The van der Waals surface area contributed by atoms with Crippen molar-refractivity contribution in [3.63, 3.8) is 0 Å². The minimum Gasteiger partial charge on any atom is -0.378 e. The summed E-state index contributed by atoms with van der Waals surface area (Å²) in [5.74, 6) is 0.00850. The molecule has 7 nitrogen and oxygen atoms in total. The Morgan fingerprint density at radius 1 is 1.13 bits per heavy atom. The summed E-state index contributed by atoms with van der Waals surface area (Å²) >= 11 is 1.20. The van der Waals surface area contributed by atoms with Crippen LogP contribution in [0.5, 0.6) is 0 Å². The average molecular weight is 452 g/mol. The van der Waals surface area contributed by atoms with Crippen molar-refractivity contribution in [1.82, 2.24) is 9.21 Å². The van der Waals surface area contributed by atoms with Crippen LogP contribution >= 0.6 is 11.3 Å². The number of sulfonamides is 1. The predicted molar refractivity (Wildman–Crippen MR) is 119 cm³/mol. The van der Waals surface area contributed by atoms with Crippen molar-refractivity contribution in [1.29, 1.82) is 0 Å². The first kappa shape index (κ1) is 22.7. The van der Waals surface area contributed by atoms with E-state index in [1.54, 1.807) is 36.5 Å². The molecule has 0 bridgehead atoms. The Labute approximate surface area is 182 Å². The first-order valence-electron chi connectivity index (χ1n) is 10.0. The summed E-state index contributed by atoms with van der Waals surface area (Å²) in [4.78, 5) is 16.4. The molecule has 1 aliphatic heterocycles. The van der Waals surface area contributed by atoms with Gasteiger partial charge in [-0.3, -0.25) is 4.79 Å². The van der Waals surface area contributed by atoms with Crippen molar-refractivity contribution >= 4 is 33.0 Å². The number of carbonyl (C=O) groups is 1. The van der Waals surface area contributed by atoms with Gasteiger partial charge in [0.25, 0.3) is 10.0 Å². The minimum atomic E-state index is -3.46. The van der Waals surface area contributed by atoms with Crippen LogP contribution in [0.1, 0.15) is 18.4 Å². The fourth-order valence-electron chi connectivity index (χ4n) is 3.32. The van der Waals surface area contributed by atoms with Gasteiger partial charge in [-0.1, -0.05) is 18.2 Å². The van der Waals surface area contributed by atoms with Crippen LogP contribution in [0.4, 0.5) is 5.69 Å². The second kappa shape index (κ2) is 10.4. The largest absolute Gasteiger partial charge is 0.378 e. The zero-order chi connectivity index (χ0) is 21.6. The monoisotopic (exact) mass is 451 g/mol. The fourth-order valence-corrected chi connectivity index (χ4v) is 5.73. The van der Waals surface area contributed by atoms with Crippen LogP contribution in [0.15, 0.2) is 46.0 Å². The van der Waals surface area contributed by atoms with E-state index in [-0.39, 0.29) is 5.91 Å². The van der Waals surface area contributed by atoms with Crippen LogP contribution < -0.4 is 4.90 Å². The lowest BCUT2D eigenvalue weighted by molar-refractivity contribution is -0.130. The van der Waals surface area contributed by atoms with Gasteiger partial charge in [-0.15, -0.1) is 11.3 Å². The number of anilines is 1. The molecule has 0 N–H and O–H groups in total. The lowest BCUT2D eigenvalue weighted by Crippen LogP contribution is -2.36. The molecule has 164 valence electrons. The summed E-state index contributed by atoms with van der Waals surface area (Å²) in [5.41, 5.74) is 2.24. The second-order valence-corrected chi connectivity index (χ2v) is 10.6. The molecule has 1 amide bonds. The van der Waals surface area contributed by atoms with Crippen LogP contribution in [0.25, 0.3) is 0 Å². The molecular formula is C21H29N3O4S2. The SMILES string of the molecule is CN(Cc1ccc(N2CCOCC2)cc1)C(=O)CCCN(C)S(=O)(=O)c1cccs1.